The number of nitrogen functional groups attached to an aromatic ring is 1. The Labute approximate surface area is 196 Å². The average Bonchev–Trinajstić information content (AvgIpc) is 3.22. The third-order valence-electron chi connectivity index (χ3n) is 6.03. The predicted octanol–water partition coefficient (Wildman–Crippen LogP) is 5.03. The highest BCUT2D eigenvalue weighted by Crippen LogP contribution is 2.35. The van der Waals surface area contributed by atoms with Gasteiger partial charge >= 0.3 is 0 Å². The molecule has 33 heavy (non-hydrogen) atoms. The zero-order valence-electron chi connectivity index (χ0n) is 18.0. The van der Waals surface area contributed by atoms with Crippen LogP contribution in [0.3, 0.4) is 0 Å². The second-order valence-electron chi connectivity index (χ2n) is 8.16. The average molecular weight is 460 g/mol. The fourth-order valence-corrected chi connectivity index (χ4v) is 4.32. The molecule has 3 heterocycles. The Kier molecular flexibility index (Phi) is 5.48. The number of nitrogens with zero attached hydrogens (tertiary/aromatic N) is 6. The van der Waals surface area contributed by atoms with Crippen molar-refractivity contribution in [2.24, 2.45) is 0 Å². The first kappa shape index (κ1) is 21.0. The van der Waals surface area contributed by atoms with Gasteiger partial charge in [-0.15, -0.1) is 0 Å². The lowest BCUT2D eigenvalue weighted by Crippen LogP contribution is -2.39. The summed E-state index contributed by atoms with van der Waals surface area (Å²) in [5.74, 6) is 1.78. The van der Waals surface area contributed by atoms with E-state index in [1.54, 1.807) is 17.0 Å². The monoisotopic (exact) mass is 459 g/mol. The van der Waals surface area contributed by atoms with Crippen LogP contribution in [0.5, 0.6) is 11.5 Å². The standard InChI is InChI=1S/C24H22ClN7O/c1-15-2-7-18(12-31(15)13-26)32-24-21(23(27)28-14-29-24)22(30-32)16-3-8-19(9-4-16)33-20-10-5-17(25)6-11-20/h3-6,8-11,14-15,18H,2,7,12H2,1H3,(H2,27,28,29)/t15-,18+/m1/s1. The molecule has 2 aromatic carbocycles. The molecular weight excluding hydrogens is 438 g/mol. The van der Waals surface area contributed by atoms with Crippen molar-refractivity contribution in [3.63, 3.8) is 0 Å². The molecule has 1 fully saturated rings. The van der Waals surface area contributed by atoms with Crippen molar-refractivity contribution in [3.05, 3.63) is 59.9 Å². The first-order valence-electron chi connectivity index (χ1n) is 10.7. The van der Waals surface area contributed by atoms with Crippen LogP contribution in [0.1, 0.15) is 25.8 Å². The summed E-state index contributed by atoms with van der Waals surface area (Å²) in [5, 5.41) is 15.8. The molecule has 166 valence electrons. The van der Waals surface area contributed by atoms with Crippen LogP contribution in [0, 0.1) is 11.5 Å². The number of nitrogens with two attached hydrogens (primary N) is 1. The van der Waals surface area contributed by atoms with Gasteiger partial charge in [0.1, 0.15) is 29.3 Å². The number of anilines is 1. The van der Waals surface area contributed by atoms with E-state index in [-0.39, 0.29) is 12.1 Å². The molecule has 0 unspecified atom stereocenters. The molecule has 0 spiro atoms. The van der Waals surface area contributed by atoms with E-state index in [0.29, 0.717) is 45.6 Å². The molecule has 0 bridgehead atoms. The molecule has 2 atom stereocenters. The number of hydrogen-bond donors (Lipinski definition) is 1. The molecule has 0 amide bonds. The smallest absolute Gasteiger partial charge is 0.179 e. The number of rotatable bonds is 4. The van der Waals surface area contributed by atoms with Crippen LogP contribution in [-0.4, -0.2) is 37.2 Å². The summed E-state index contributed by atoms with van der Waals surface area (Å²) in [4.78, 5) is 10.5. The third-order valence-corrected chi connectivity index (χ3v) is 6.28. The Balaban J connectivity index is 1.49. The van der Waals surface area contributed by atoms with Gasteiger partial charge in [0.05, 0.1) is 18.0 Å². The fraction of sp³-hybridized carbons (Fsp3) is 0.250. The van der Waals surface area contributed by atoms with Crippen molar-refractivity contribution in [3.8, 4) is 28.9 Å². The second-order valence-corrected chi connectivity index (χ2v) is 8.60. The quantitative estimate of drug-likeness (QED) is 0.426. The molecule has 4 aromatic rings. The molecule has 2 aromatic heterocycles. The summed E-state index contributed by atoms with van der Waals surface area (Å²) in [5.41, 5.74) is 8.52. The maximum Gasteiger partial charge on any atom is 0.179 e. The van der Waals surface area contributed by atoms with Gasteiger partial charge in [-0.05, 0) is 68.3 Å². The predicted molar refractivity (Wildman–Crippen MR) is 127 cm³/mol. The van der Waals surface area contributed by atoms with Crippen LogP contribution in [0.4, 0.5) is 5.82 Å². The number of nitriles is 1. The Hall–Kier alpha value is -3.83. The molecular formula is C24H22ClN7O. The van der Waals surface area contributed by atoms with Crippen LogP contribution in [0.25, 0.3) is 22.3 Å². The summed E-state index contributed by atoms with van der Waals surface area (Å²) < 4.78 is 7.80. The van der Waals surface area contributed by atoms with Crippen molar-refractivity contribution >= 4 is 28.5 Å². The van der Waals surface area contributed by atoms with Crippen LogP contribution in [-0.2, 0) is 0 Å². The van der Waals surface area contributed by atoms with E-state index in [4.69, 9.17) is 27.2 Å². The maximum absolute atomic E-state index is 9.49. The fourth-order valence-electron chi connectivity index (χ4n) is 4.20. The van der Waals surface area contributed by atoms with E-state index in [0.717, 1.165) is 18.4 Å². The minimum absolute atomic E-state index is 0.0268. The van der Waals surface area contributed by atoms with E-state index < -0.39 is 0 Å². The van der Waals surface area contributed by atoms with Gasteiger partial charge in [0.15, 0.2) is 11.8 Å². The SMILES string of the molecule is C[C@@H]1CC[C@H](n2nc(-c3ccc(Oc4ccc(Cl)cc4)cc3)c3c(N)ncnc32)CN1C#N. The van der Waals surface area contributed by atoms with E-state index in [9.17, 15) is 5.26 Å². The summed E-state index contributed by atoms with van der Waals surface area (Å²) in [6, 6.07) is 15.1. The highest BCUT2D eigenvalue weighted by Gasteiger charge is 2.29. The number of halogens is 1. The summed E-state index contributed by atoms with van der Waals surface area (Å²) in [7, 11) is 0. The Morgan fingerprint density at radius 2 is 1.76 bits per heavy atom. The number of likely N-dealkylation sites (tertiary alicyclic amines) is 1. The van der Waals surface area contributed by atoms with Crippen molar-refractivity contribution in [2.75, 3.05) is 12.3 Å². The maximum atomic E-state index is 9.49. The molecule has 0 aliphatic carbocycles. The molecule has 0 saturated carbocycles. The summed E-state index contributed by atoms with van der Waals surface area (Å²) >= 11 is 5.94. The van der Waals surface area contributed by atoms with Gasteiger partial charge in [-0.2, -0.15) is 10.4 Å². The lowest BCUT2D eigenvalue weighted by Gasteiger charge is -2.34. The zero-order chi connectivity index (χ0) is 22.9. The Morgan fingerprint density at radius 3 is 2.45 bits per heavy atom. The molecule has 1 aliphatic heterocycles. The number of fused-ring (bicyclic) bond motifs is 1. The van der Waals surface area contributed by atoms with Gasteiger partial charge < -0.3 is 15.4 Å². The Morgan fingerprint density at radius 1 is 1.06 bits per heavy atom. The van der Waals surface area contributed by atoms with E-state index in [2.05, 4.69) is 23.1 Å². The zero-order valence-corrected chi connectivity index (χ0v) is 18.8. The minimum Gasteiger partial charge on any atom is -0.457 e. The van der Waals surface area contributed by atoms with Crippen LogP contribution < -0.4 is 10.5 Å². The lowest BCUT2D eigenvalue weighted by molar-refractivity contribution is 0.179. The van der Waals surface area contributed by atoms with Gasteiger partial charge in [0, 0.05) is 16.6 Å². The van der Waals surface area contributed by atoms with Crippen molar-refractivity contribution in [1.82, 2.24) is 24.6 Å². The number of piperidine rings is 1. The first-order valence-corrected chi connectivity index (χ1v) is 11.1. The summed E-state index contributed by atoms with van der Waals surface area (Å²) in [6.07, 6.45) is 5.57. The van der Waals surface area contributed by atoms with Gasteiger partial charge in [0.2, 0.25) is 0 Å². The van der Waals surface area contributed by atoms with Gasteiger partial charge in [-0.3, -0.25) is 0 Å². The van der Waals surface area contributed by atoms with Crippen molar-refractivity contribution in [1.29, 1.82) is 5.26 Å². The number of aromatic nitrogens is 4. The van der Waals surface area contributed by atoms with E-state index in [1.165, 1.54) is 6.33 Å². The van der Waals surface area contributed by atoms with Gasteiger partial charge in [0.25, 0.3) is 0 Å². The molecule has 2 N–H and O–H groups in total. The highest BCUT2D eigenvalue weighted by atomic mass is 35.5. The topological polar surface area (TPSA) is 106 Å². The van der Waals surface area contributed by atoms with Crippen molar-refractivity contribution in [2.45, 2.75) is 31.8 Å². The van der Waals surface area contributed by atoms with Gasteiger partial charge in [-0.25, -0.2) is 14.6 Å². The molecule has 5 rings (SSSR count). The Bertz CT molecular complexity index is 1330. The minimum atomic E-state index is 0.0268. The molecule has 1 saturated heterocycles. The second kappa shape index (κ2) is 8.60. The van der Waals surface area contributed by atoms with Gasteiger partial charge in [-0.1, -0.05) is 11.6 Å². The number of ether oxygens (including phenoxy) is 1. The van der Waals surface area contributed by atoms with Crippen LogP contribution in [0.15, 0.2) is 54.9 Å². The molecule has 9 heteroatoms. The van der Waals surface area contributed by atoms with E-state index >= 15 is 0 Å². The highest BCUT2D eigenvalue weighted by molar-refractivity contribution is 6.30. The molecule has 1 aliphatic rings. The number of benzene rings is 2. The summed E-state index contributed by atoms with van der Waals surface area (Å²) in [6.45, 7) is 2.66. The molecule has 8 nitrogen and oxygen atoms in total. The third kappa shape index (κ3) is 4.03. The first-order chi connectivity index (χ1) is 16.0. The van der Waals surface area contributed by atoms with Crippen LogP contribution >= 0.6 is 11.6 Å². The van der Waals surface area contributed by atoms with Crippen molar-refractivity contribution < 1.29 is 4.74 Å². The normalized spacial score (nSPS) is 18.3. The van der Waals surface area contributed by atoms with E-state index in [1.807, 2.05) is 41.1 Å². The largest absolute Gasteiger partial charge is 0.457 e. The number of hydrogen-bond acceptors (Lipinski definition) is 7. The van der Waals surface area contributed by atoms with Crippen LogP contribution in [0.2, 0.25) is 5.02 Å². The molecule has 0 radical (unpaired) electrons. The lowest BCUT2D eigenvalue weighted by atomic mass is 10.0.